The topological polar surface area (TPSA) is 69.8 Å². The number of benzene rings is 2. The minimum absolute atomic E-state index is 0.0402. The van der Waals surface area contributed by atoms with E-state index in [2.05, 4.69) is 0 Å². The van der Waals surface area contributed by atoms with Crippen molar-refractivity contribution in [2.75, 3.05) is 6.54 Å². The molecule has 2 saturated heterocycles. The van der Waals surface area contributed by atoms with Crippen LogP contribution in [0.4, 0.5) is 0 Å². The summed E-state index contributed by atoms with van der Waals surface area (Å²) < 4.78 is 0. The first-order valence-electron chi connectivity index (χ1n) is 7.90. The van der Waals surface area contributed by atoms with E-state index in [1.165, 1.54) is 0 Å². The van der Waals surface area contributed by atoms with Crippen LogP contribution in [0.15, 0.2) is 60.7 Å². The Balaban J connectivity index is 1.90. The summed E-state index contributed by atoms with van der Waals surface area (Å²) in [4.78, 5) is 12.4. The van der Waals surface area contributed by atoms with Crippen LogP contribution in [-0.2, 0) is 4.79 Å². The van der Waals surface area contributed by atoms with Crippen molar-refractivity contribution in [1.29, 1.82) is 0 Å². The summed E-state index contributed by atoms with van der Waals surface area (Å²) in [7, 11) is 0. The van der Waals surface area contributed by atoms with Gasteiger partial charge < -0.3 is 5.21 Å². The maximum absolute atomic E-state index is 12.5. The molecule has 0 saturated carbocycles. The fourth-order valence-electron chi connectivity index (χ4n) is 3.68. The van der Waals surface area contributed by atoms with Gasteiger partial charge in [-0.05, 0) is 11.1 Å². The number of nitrogens with zero attached hydrogens (tertiary/aromatic N) is 3. The third-order valence-corrected chi connectivity index (χ3v) is 4.64. The Morgan fingerprint density at radius 1 is 0.958 bits per heavy atom. The minimum Gasteiger partial charge on any atom is -0.417 e. The summed E-state index contributed by atoms with van der Waals surface area (Å²) in [6.07, 6.45) is 0.407. The number of fused-ring (bicyclic) bond motifs is 1. The zero-order valence-electron chi connectivity index (χ0n) is 12.9. The van der Waals surface area contributed by atoms with Crippen LogP contribution in [0.3, 0.4) is 0 Å². The third kappa shape index (κ3) is 2.15. The van der Waals surface area contributed by atoms with Gasteiger partial charge in [0, 0.05) is 17.9 Å². The smallest absolute Gasteiger partial charge is 0.273 e. The zero-order valence-corrected chi connectivity index (χ0v) is 12.9. The van der Waals surface area contributed by atoms with Crippen LogP contribution in [0, 0.1) is 5.21 Å². The molecule has 122 valence electrons. The molecule has 4 rings (SSSR count). The molecule has 2 aromatic carbocycles. The summed E-state index contributed by atoms with van der Waals surface area (Å²) in [6.45, 7) is 0.527. The summed E-state index contributed by atoms with van der Waals surface area (Å²) in [5.41, 5.74) is 1.93. The first-order chi connectivity index (χ1) is 11.7. The van der Waals surface area contributed by atoms with E-state index in [-0.39, 0.29) is 16.5 Å². The van der Waals surface area contributed by atoms with E-state index in [9.17, 15) is 15.2 Å². The second-order valence-electron chi connectivity index (χ2n) is 5.98. The van der Waals surface area contributed by atoms with E-state index in [0.29, 0.717) is 13.0 Å². The standard InChI is InChI=1S/C18H17N3O3/c22-15-11-12-19-16(13-7-3-1-4-8-13)18(21(23)24)17(20(15)19)14-9-5-2-6-10-14/h1-10,16-17H,11-12H2,(H,23,24)/t16-,17-/m1/s1. The number of carbonyl (C=O) groups is 1. The Labute approximate surface area is 139 Å². The van der Waals surface area contributed by atoms with E-state index in [4.69, 9.17) is 0 Å². The summed E-state index contributed by atoms with van der Waals surface area (Å²) in [5, 5.41) is 25.4. The van der Waals surface area contributed by atoms with Gasteiger partial charge in [0.2, 0.25) is 5.91 Å². The predicted octanol–water partition coefficient (Wildman–Crippen LogP) is 2.27. The molecule has 2 aliphatic heterocycles. The van der Waals surface area contributed by atoms with Gasteiger partial charge in [-0.15, -0.1) is 0 Å². The van der Waals surface area contributed by atoms with Crippen molar-refractivity contribution in [3.8, 4) is 0 Å². The third-order valence-electron chi connectivity index (χ3n) is 4.64. The lowest BCUT2D eigenvalue weighted by Crippen LogP contribution is -2.35. The van der Waals surface area contributed by atoms with Crippen LogP contribution in [0.5, 0.6) is 0 Å². The molecule has 2 heterocycles. The van der Waals surface area contributed by atoms with Gasteiger partial charge in [0.05, 0.1) is 0 Å². The summed E-state index contributed by atoms with van der Waals surface area (Å²) in [5.74, 6) is -0.0402. The van der Waals surface area contributed by atoms with Crippen molar-refractivity contribution >= 4 is 11.6 Å². The molecule has 6 nitrogen and oxygen atoms in total. The molecule has 0 aliphatic carbocycles. The first kappa shape index (κ1) is 14.7. The quantitative estimate of drug-likeness (QED) is 0.523. The lowest BCUT2D eigenvalue weighted by molar-refractivity contribution is -0.728. The lowest BCUT2D eigenvalue weighted by Gasteiger charge is -2.25. The fraction of sp³-hybridized carbons (Fsp3) is 0.222. The molecule has 1 amide bonds. The maximum atomic E-state index is 12.5. The number of hydrogen-bond acceptors (Lipinski definition) is 4. The SMILES string of the molecule is O=C1CCN2[C@H](c3ccccc3)C(=[N+]([O-])O)[C@@H](c3ccccc3)N12. The van der Waals surface area contributed by atoms with Gasteiger partial charge in [0.1, 0.15) is 6.04 Å². The van der Waals surface area contributed by atoms with Crippen LogP contribution in [0.1, 0.15) is 29.6 Å². The largest absolute Gasteiger partial charge is 0.417 e. The molecule has 0 unspecified atom stereocenters. The molecule has 2 fully saturated rings. The fourth-order valence-corrected chi connectivity index (χ4v) is 3.68. The maximum Gasteiger partial charge on any atom is 0.273 e. The van der Waals surface area contributed by atoms with Gasteiger partial charge in [0.25, 0.3) is 5.71 Å². The highest BCUT2D eigenvalue weighted by molar-refractivity contribution is 5.98. The Hall–Kier alpha value is -2.86. The normalized spacial score (nSPS) is 25.8. The number of hydrazine groups is 1. The highest BCUT2D eigenvalue weighted by Gasteiger charge is 2.56. The average molecular weight is 323 g/mol. The highest BCUT2D eigenvalue weighted by atomic mass is 16.8. The monoisotopic (exact) mass is 323 g/mol. The second kappa shape index (κ2) is 5.65. The lowest BCUT2D eigenvalue weighted by atomic mass is 9.94. The predicted molar refractivity (Wildman–Crippen MR) is 87.0 cm³/mol. The molecule has 1 N–H and O–H groups in total. The molecule has 0 aromatic heterocycles. The Morgan fingerprint density at radius 2 is 1.50 bits per heavy atom. The van der Waals surface area contributed by atoms with E-state index in [1.54, 1.807) is 5.01 Å². The minimum atomic E-state index is -0.589. The van der Waals surface area contributed by atoms with Crippen molar-refractivity contribution in [1.82, 2.24) is 10.0 Å². The van der Waals surface area contributed by atoms with Crippen LogP contribution in [-0.4, -0.2) is 38.3 Å². The van der Waals surface area contributed by atoms with Crippen molar-refractivity contribution in [3.63, 3.8) is 0 Å². The molecule has 24 heavy (non-hydrogen) atoms. The second-order valence-corrected chi connectivity index (χ2v) is 5.98. The number of carbonyl (C=O) groups excluding carboxylic acids is 1. The van der Waals surface area contributed by atoms with Gasteiger partial charge in [-0.1, -0.05) is 60.7 Å². The number of rotatable bonds is 2. The van der Waals surface area contributed by atoms with Gasteiger partial charge in [-0.2, -0.15) is 5.01 Å². The molecule has 0 spiro atoms. The molecule has 0 radical (unpaired) electrons. The van der Waals surface area contributed by atoms with Crippen molar-refractivity contribution < 1.29 is 14.9 Å². The van der Waals surface area contributed by atoms with Crippen molar-refractivity contribution in [3.05, 3.63) is 77.0 Å². The van der Waals surface area contributed by atoms with Crippen LogP contribution >= 0.6 is 0 Å². The van der Waals surface area contributed by atoms with E-state index in [1.807, 2.05) is 65.7 Å². The van der Waals surface area contributed by atoms with Crippen molar-refractivity contribution in [2.24, 2.45) is 0 Å². The number of hydrogen-bond donors (Lipinski definition) is 1. The van der Waals surface area contributed by atoms with Gasteiger partial charge >= 0.3 is 0 Å². The molecular weight excluding hydrogens is 306 g/mol. The zero-order chi connectivity index (χ0) is 16.7. The van der Waals surface area contributed by atoms with Crippen LogP contribution in [0.2, 0.25) is 0 Å². The average Bonchev–Trinajstić information content (AvgIpc) is 3.14. The van der Waals surface area contributed by atoms with E-state index in [0.717, 1.165) is 11.1 Å². The Bertz CT molecular complexity index is 788. The molecule has 2 aliphatic rings. The van der Waals surface area contributed by atoms with E-state index >= 15 is 0 Å². The molecule has 0 bridgehead atoms. The highest BCUT2D eigenvalue weighted by Crippen LogP contribution is 2.44. The Morgan fingerprint density at radius 3 is 2.04 bits per heavy atom. The van der Waals surface area contributed by atoms with Crippen LogP contribution < -0.4 is 0 Å². The van der Waals surface area contributed by atoms with Gasteiger partial charge in [-0.3, -0.25) is 15.0 Å². The molecular formula is C18H17N3O3. The molecule has 2 atom stereocenters. The van der Waals surface area contributed by atoms with Gasteiger partial charge in [-0.25, -0.2) is 0 Å². The van der Waals surface area contributed by atoms with Gasteiger partial charge in [0.15, 0.2) is 6.04 Å². The van der Waals surface area contributed by atoms with Crippen molar-refractivity contribution in [2.45, 2.75) is 18.5 Å². The molecule has 2 aromatic rings. The van der Waals surface area contributed by atoms with Crippen LogP contribution in [0.25, 0.3) is 0 Å². The number of amides is 1. The van der Waals surface area contributed by atoms with E-state index < -0.39 is 12.1 Å². The summed E-state index contributed by atoms with van der Waals surface area (Å²) in [6, 6.07) is 17.8. The Kier molecular flexibility index (Phi) is 3.46. The molecule has 6 heteroatoms. The first-order valence-corrected chi connectivity index (χ1v) is 7.90. The summed E-state index contributed by atoms with van der Waals surface area (Å²) >= 11 is 0.